The summed E-state index contributed by atoms with van der Waals surface area (Å²) in [5, 5.41) is 27.9. The molecule has 0 aliphatic carbocycles. The Bertz CT molecular complexity index is 1060. The number of nitrogen functional groups attached to an aromatic ring is 2. The van der Waals surface area contributed by atoms with Crippen LogP contribution in [-0.4, -0.2) is 31.1 Å². The third-order valence-corrected chi connectivity index (χ3v) is 2.85. The second-order valence-electron chi connectivity index (χ2n) is 4.91. The summed E-state index contributed by atoms with van der Waals surface area (Å²) < 4.78 is 24.3. The molecular weight excluding hydrogens is 398 g/mol. The van der Waals surface area contributed by atoms with Gasteiger partial charge in [-0.25, -0.2) is 19.0 Å². The first-order valence-electron chi connectivity index (χ1n) is 7.31. The van der Waals surface area contributed by atoms with Crippen LogP contribution in [0.5, 0.6) is 11.5 Å². The predicted octanol–water partition coefficient (Wildman–Crippen LogP) is -1.43. The minimum absolute atomic E-state index is 0.251. The van der Waals surface area contributed by atoms with Crippen LogP contribution < -0.4 is 32.9 Å². The van der Waals surface area contributed by atoms with E-state index in [0.717, 1.165) is 24.5 Å². The molecule has 2 aromatic heterocycles. The number of para-hydroxylation sites is 1. The van der Waals surface area contributed by atoms with Gasteiger partial charge in [0.25, 0.3) is 0 Å². The summed E-state index contributed by atoms with van der Waals surface area (Å²) in [5.41, 5.74) is 8.34. The van der Waals surface area contributed by atoms with Crippen molar-refractivity contribution in [2.45, 2.75) is 0 Å². The summed E-state index contributed by atoms with van der Waals surface area (Å²) in [7, 11) is 0. The Morgan fingerprint density at radius 1 is 1.14 bits per heavy atom. The fourth-order valence-electron chi connectivity index (χ4n) is 1.51. The van der Waals surface area contributed by atoms with Crippen LogP contribution in [0, 0.1) is 11.6 Å². The molecule has 0 amide bonds. The van der Waals surface area contributed by atoms with Crippen LogP contribution in [0.15, 0.2) is 40.2 Å². The van der Waals surface area contributed by atoms with Gasteiger partial charge in [0.05, 0.1) is 11.8 Å². The third-order valence-electron chi connectivity index (χ3n) is 2.85. The second-order valence-corrected chi connectivity index (χ2v) is 4.91. The average molecular weight is 412 g/mol. The molecule has 3 aromatic rings. The predicted molar refractivity (Wildman–Crippen MR) is 91.7 cm³/mol. The normalized spacial score (nSPS) is 9.45. The van der Waals surface area contributed by atoms with Crippen molar-refractivity contribution < 1.29 is 33.9 Å². The third kappa shape index (κ3) is 6.97. The second kappa shape index (κ2) is 10.0. The van der Waals surface area contributed by atoms with Gasteiger partial charge in [-0.1, -0.05) is 11.8 Å². The number of nitrogens with two attached hydrogens (primary N) is 2. The number of hydrogen-bond acceptors (Lipinski definition) is 8. The molecule has 0 spiro atoms. The number of anilines is 2. The van der Waals surface area contributed by atoms with Gasteiger partial charge >= 0.3 is 17.3 Å². The zero-order valence-corrected chi connectivity index (χ0v) is 14.3. The quantitative estimate of drug-likeness (QED) is 0.275. The molecule has 0 saturated heterocycles. The number of rotatable bonds is 1. The lowest BCUT2D eigenvalue weighted by atomic mass is 10.2. The van der Waals surface area contributed by atoms with E-state index in [1.165, 1.54) is 6.07 Å². The molecule has 0 bridgehead atoms. The number of aromatic amines is 3. The number of aromatic nitrogens is 4. The Morgan fingerprint density at radius 3 is 2.21 bits per heavy atom. The smallest absolute Gasteiger partial charge is 0.495 e. The van der Waals surface area contributed by atoms with Crippen molar-refractivity contribution in [3.05, 3.63) is 68.8 Å². The van der Waals surface area contributed by atoms with Crippen LogP contribution in [0.3, 0.4) is 0 Å². The van der Waals surface area contributed by atoms with E-state index in [9.17, 15) is 28.3 Å². The maximum Gasteiger partial charge on any atom is 0.495 e. The first-order valence-corrected chi connectivity index (χ1v) is 7.31. The lowest BCUT2D eigenvalue weighted by Crippen LogP contribution is -2.30. The number of carbonyl (C=O) groups is 1. The van der Waals surface area contributed by atoms with Crippen molar-refractivity contribution in [3.63, 3.8) is 0 Å². The fourth-order valence-corrected chi connectivity index (χ4v) is 1.51. The average Bonchev–Trinajstić information content (AvgIpc) is 2.65. The van der Waals surface area contributed by atoms with Crippen LogP contribution in [0.2, 0.25) is 0 Å². The number of hydrogen-bond donors (Lipinski definition) is 6. The summed E-state index contributed by atoms with van der Waals surface area (Å²) in [6.07, 6.45) is 1.67. The van der Waals surface area contributed by atoms with Gasteiger partial charge in [-0.3, -0.25) is 4.98 Å². The van der Waals surface area contributed by atoms with Gasteiger partial charge in [-0.15, -0.1) is 0 Å². The number of carboxylic acid groups (broad SMARTS) is 1. The van der Waals surface area contributed by atoms with Crippen LogP contribution >= 0.6 is 0 Å². The van der Waals surface area contributed by atoms with Gasteiger partial charge in [-0.05, 0) is 12.1 Å². The largest absolute Gasteiger partial charge is 0.869 e. The van der Waals surface area contributed by atoms with Gasteiger partial charge in [-0.2, -0.15) is 19.2 Å². The highest BCUT2D eigenvalue weighted by molar-refractivity contribution is 5.91. The molecule has 0 saturated carbocycles. The van der Waals surface area contributed by atoms with E-state index in [1.54, 1.807) is 0 Å². The van der Waals surface area contributed by atoms with Crippen molar-refractivity contribution in [1.82, 2.24) is 15.0 Å². The number of halogens is 2. The fraction of sp³-hybridized carbons (Fsp3) is 0. The minimum Gasteiger partial charge on any atom is -0.869 e. The van der Waals surface area contributed by atoms with Crippen molar-refractivity contribution in [3.8, 4) is 11.5 Å². The van der Waals surface area contributed by atoms with Gasteiger partial charge in [0, 0.05) is 0 Å². The Balaban J connectivity index is 0.000000219. The zero-order valence-electron chi connectivity index (χ0n) is 14.3. The number of phenolic OH excluding ortho intramolecular Hbond substituents is 1. The lowest BCUT2D eigenvalue weighted by Gasteiger charge is -2.10. The van der Waals surface area contributed by atoms with Crippen molar-refractivity contribution >= 4 is 17.6 Å². The Kier molecular flexibility index (Phi) is 7.78. The first kappa shape index (κ1) is 22.6. The molecule has 0 fully saturated rings. The number of nitrogens with zero attached hydrogens (tertiary/aromatic N) is 1. The number of carboxylic acids is 1. The zero-order chi connectivity index (χ0) is 22.1. The highest BCUT2D eigenvalue weighted by Crippen LogP contribution is 2.24. The molecule has 14 heteroatoms. The molecule has 0 aliphatic rings. The summed E-state index contributed by atoms with van der Waals surface area (Å²) in [4.78, 5) is 39.9. The highest BCUT2D eigenvalue weighted by atomic mass is 19.1. The molecule has 0 aliphatic heterocycles. The van der Waals surface area contributed by atoms with Crippen LogP contribution in [0.4, 0.5) is 20.4 Å². The maximum absolute atomic E-state index is 12.2. The summed E-state index contributed by atoms with van der Waals surface area (Å²) in [5.74, 6) is -4.62. The molecule has 0 atom stereocenters. The molecule has 0 unspecified atom stereocenters. The van der Waals surface area contributed by atoms with Crippen molar-refractivity contribution in [2.24, 2.45) is 0 Å². The first-order chi connectivity index (χ1) is 13.5. The number of nitrogens with one attached hydrogen (secondary N) is 3. The van der Waals surface area contributed by atoms with E-state index in [-0.39, 0.29) is 11.6 Å². The summed E-state index contributed by atoms with van der Waals surface area (Å²) in [6, 6.07) is 3.60. The number of phenols is 1. The molecule has 9 N–H and O–H groups in total. The molecule has 3 rings (SSSR count). The topological polar surface area (TPSA) is 225 Å². The van der Waals surface area contributed by atoms with Crippen LogP contribution in [-0.2, 0) is 0 Å². The van der Waals surface area contributed by atoms with Crippen molar-refractivity contribution in [2.75, 3.05) is 11.5 Å². The van der Waals surface area contributed by atoms with E-state index >= 15 is 0 Å². The standard InChI is InChI=1S/C7H6O4.2C4H4FN3O/c8-5-3-1-2-4(6(5)9)7(10)11;2*5-2-1-7-4(9)8-3(2)6/h1-3,8-9H,(H,10,11);2*1H,(H3,6,7,8,9). The SMILES string of the molecule is Nc1[nH]c(=O)[nH+]cc1F.Nc1[nH]c(=O)ncc1F.O=C(O)c1cccc(O)c1[O-]. The number of H-pyrrole nitrogens is 3. The molecular formula is C15H14F2N6O6. The molecule has 2 heterocycles. The van der Waals surface area contributed by atoms with E-state index in [2.05, 4.69) is 9.97 Å². The highest BCUT2D eigenvalue weighted by Gasteiger charge is 2.04. The Hall–Kier alpha value is -4.49. The van der Waals surface area contributed by atoms with E-state index < -0.39 is 46.0 Å². The van der Waals surface area contributed by atoms with Gasteiger partial charge in [0.15, 0.2) is 5.82 Å². The maximum atomic E-state index is 12.2. The number of benzene rings is 1. The number of aromatic hydroxyl groups is 1. The van der Waals surface area contributed by atoms with Gasteiger partial charge in [0.2, 0.25) is 11.6 Å². The van der Waals surface area contributed by atoms with Crippen LogP contribution in [0.1, 0.15) is 10.4 Å². The molecule has 154 valence electrons. The molecule has 12 nitrogen and oxygen atoms in total. The number of aromatic carboxylic acids is 1. The van der Waals surface area contributed by atoms with Crippen LogP contribution in [0.25, 0.3) is 0 Å². The van der Waals surface area contributed by atoms with Gasteiger partial charge < -0.3 is 26.8 Å². The summed E-state index contributed by atoms with van der Waals surface area (Å²) >= 11 is 0. The van der Waals surface area contributed by atoms with E-state index in [4.69, 9.17) is 21.7 Å². The Labute approximate surface area is 159 Å². The molecule has 1 aromatic carbocycles. The molecule has 29 heavy (non-hydrogen) atoms. The van der Waals surface area contributed by atoms with Gasteiger partial charge in [0.1, 0.15) is 17.8 Å². The van der Waals surface area contributed by atoms with E-state index in [1.807, 2.05) is 9.97 Å². The Morgan fingerprint density at radius 2 is 1.76 bits per heavy atom. The summed E-state index contributed by atoms with van der Waals surface area (Å²) in [6.45, 7) is 0. The monoisotopic (exact) mass is 412 g/mol. The lowest BCUT2D eigenvalue weighted by molar-refractivity contribution is -0.404. The minimum atomic E-state index is -1.33. The van der Waals surface area contributed by atoms with Crippen molar-refractivity contribution in [1.29, 1.82) is 0 Å². The van der Waals surface area contributed by atoms with E-state index in [0.29, 0.717) is 0 Å². The molecule has 0 radical (unpaired) electrons.